The summed E-state index contributed by atoms with van der Waals surface area (Å²) >= 11 is 0. The number of ether oxygens (including phenoxy) is 1. The molecule has 1 aromatic heterocycles. The molecule has 1 aliphatic heterocycles. The Bertz CT molecular complexity index is 744. The summed E-state index contributed by atoms with van der Waals surface area (Å²) < 4.78 is 20.6. The Morgan fingerprint density at radius 1 is 1.44 bits per heavy atom. The van der Waals surface area contributed by atoms with Gasteiger partial charge in [-0.05, 0) is 49.4 Å². The number of carbonyl (C=O) groups excluding carboxylic acids is 1. The Hall–Kier alpha value is -2.37. The van der Waals surface area contributed by atoms with Crippen LogP contribution in [0, 0.1) is 12.7 Å². The van der Waals surface area contributed by atoms with Crippen molar-refractivity contribution < 1.29 is 13.9 Å². The van der Waals surface area contributed by atoms with Crippen molar-refractivity contribution in [2.75, 3.05) is 13.7 Å². The lowest BCUT2D eigenvalue weighted by atomic mass is 10.1. The lowest BCUT2D eigenvalue weighted by Crippen LogP contribution is -2.38. The smallest absolute Gasteiger partial charge is 0.223 e. The minimum Gasteiger partial charge on any atom is -0.494 e. The first kappa shape index (κ1) is 17.5. The molecule has 0 saturated carbocycles. The first-order valence-electron chi connectivity index (χ1n) is 8.68. The molecule has 0 unspecified atom stereocenters. The van der Waals surface area contributed by atoms with Crippen LogP contribution in [0.5, 0.6) is 5.75 Å². The van der Waals surface area contributed by atoms with Crippen molar-refractivity contribution in [3.63, 3.8) is 0 Å². The topological polar surface area (TPSA) is 47.4 Å². The number of hydrogen-bond donors (Lipinski definition) is 0. The summed E-state index contributed by atoms with van der Waals surface area (Å²) in [6.45, 7) is 3.53. The molecule has 3 rings (SSSR count). The van der Waals surface area contributed by atoms with Gasteiger partial charge in [0.2, 0.25) is 5.91 Å². The molecular formula is C19H24FN3O2. The van der Waals surface area contributed by atoms with Crippen LogP contribution in [-0.2, 0) is 17.8 Å². The zero-order valence-corrected chi connectivity index (χ0v) is 14.7. The van der Waals surface area contributed by atoms with E-state index in [1.165, 1.54) is 13.2 Å². The fourth-order valence-corrected chi connectivity index (χ4v) is 3.40. The summed E-state index contributed by atoms with van der Waals surface area (Å²) in [4.78, 5) is 14.6. The van der Waals surface area contributed by atoms with Gasteiger partial charge in [0.1, 0.15) is 0 Å². The summed E-state index contributed by atoms with van der Waals surface area (Å²) in [5.74, 6) is -0.0349. The molecule has 0 bridgehead atoms. The van der Waals surface area contributed by atoms with Crippen LogP contribution >= 0.6 is 0 Å². The predicted octanol–water partition coefficient (Wildman–Crippen LogP) is 2.96. The van der Waals surface area contributed by atoms with Crippen LogP contribution in [0.2, 0.25) is 0 Å². The van der Waals surface area contributed by atoms with E-state index in [9.17, 15) is 9.18 Å². The fraction of sp³-hybridized carbons (Fsp3) is 0.474. The molecule has 1 aromatic carbocycles. The first-order chi connectivity index (χ1) is 12.1. The van der Waals surface area contributed by atoms with E-state index in [4.69, 9.17) is 4.74 Å². The fourth-order valence-electron chi connectivity index (χ4n) is 3.40. The number of benzene rings is 1. The molecule has 5 nitrogen and oxygen atoms in total. The number of hydrogen-bond acceptors (Lipinski definition) is 3. The Morgan fingerprint density at radius 2 is 2.28 bits per heavy atom. The van der Waals surface area contributed by atoms with Crippen LogP contribution in [0.4, 0.5) is 4.39 Å². The lowest BCUT2D eigenvalue weighted by Gasteiger charge is -2.25. The Kier molecular flexibility index (Phi) is 5.36. The maximum absolute atomic E-state index is 13.8. The molecule has 1 saturated heterocycles. The second-order valence-electron chi connectivity index (χ2n) is 6.59. The van der Waals surface area contributed by atoms with Gasteiger partial charge >= 0.3 is 0 Å². The average Bonchev–Trinajstić information content (AvgIpc) is 3.22. The van der Waals surface area contributed by atoms with Gasteiger partial charge in [0.25, 0.3) is 0 Å². The number of aromatic nitrogens is 2. The highest BCUT2D eigenvalue weighted by Gasteiger charge is 2.28. The van der Waals surface area contributed by atoms with Gasteiger partial charge in [-0.25, -0.2) is 4.39 Å². The number of aryl methyl sites for hydroxylation is 2. The molecule has 2 aromatic rings. The molecule has 6 heteroatoms. The predicted molar refractivity (Wildman–Crippen MR) is 93.0 cm³/mol. The van der Waals surface area contributed by atoms with Gasteiger partial charge in [0.15, 0.2) is 11.6 Å². The zero-order valence-electron chi connectivity index (χ0n) is 14.7. The normalized spacial score (nSPS) is 17.1. The third-order valence-corrected chi connectivity index (χ3v) is 4.70. The van der Waals surface area contributed by atoms with Crippen LogP contribution in [-0.4, -0.2) is 40.3 Å². The van der Waals surface area contributed by atoms with Crippen molar-refractivity contribution in [1.29, 1.82) is 0 Å². The molecule has 0 aliphatic carbocycles. The van der Waals surface area contributed by atoms with Gasteiger partial charge in [-0.15, -0.1) is 0 Å². The van der Waals surface area contributed by atoms with E-state index in [1.807, 2.05) is 35.0 Å². The average molecular weight is 345 g/mol. The standard InChI is InChI=1S/C19H24FN3O2/c1-14-11-21-22(12-14)13-16-4-3-9-23(16)19(24)8-6-15-5-7-18(25-2)17(20)10-15/h5,7,10-12,16H,3-4,6,8-9,13H2,1-2H3/t16-/m0/s1. The largest absolute Gasteiger partial charge is 0.494 e. The molecule has 0 spiro atoms. The molecule has 1 aliphatic rings. The highest BCUT2D eigenvalue weighted by atomic mass is 19.1. The maximum Gasteiger partial charge on any atom is 0.223 e. The van der Waals surface area contributed by atoms with E-state index in [0.717, 1.165) is 37.1 Å². The molecule has 2 heterocycles. The van der Waals surface area contributed by atoms with Crippen LogP contribution in [0.3, 0.4) is 0 Å². The Labute approximate surface area is 147 Å². The molecule has 25 heavy (non-hydrogen) atoms. The summed E-state index contributed by atoms with van der Waals surface area (Å²) in [5.41, 5.74) is 1.93. The van der Waals surface area contributed by atoms with E-state index in [1.54, 1.807) is 6.07 Å². The van der Waals surface area contributed by atoms with Gasteiger partial charge in [-0.1, -0.05) is 6.07 Å². The SMILES string of the molecule is COc1ccc(CCC(=O)N2CCC[C@H]2Cn2cc(C)cn2)cc1F. The minimum atomic E-state index is -0.388. The van der Waals surface area contributed by atoms with Crippen molar-refractivity contribution in [3.8, 4) is 5.75 Å². The molecular weight excluding hydrogens is 321 g/mol. The lowest BCUT2D eigenvalue weighted by molar-refractivity contribution is -0.132. The number of halogens is 1. The Balaban J connectivity index is 1.57. The second-order valence-corrected chi connectivity index (χ2v) is 6.59. The van der Waals surface area contributed by atoms with Crippen LogP contribution < -0.4 is 4.74 Å². The molecule has 0 N–H and O–H groups in total. The quantitative estimate of drug-likeness (QED) is 0.809. The first-order valence-corrected chi connectivity index (χ1v) is 8.68. The number of methoxy groups -OCH3 is 1. The van der Waals surface area contributed by atoms with Crippen molar-refractivity contribution in [2.24, 2.45) is 0 Å². The van der Waals surface area contributed by atoms with E-state index in [-0.39, 0.29) is 23.5 Å². The summed E-state index contributed by atoms with van der Waals surface area (Å²) in [5, 5.41) is 4.32. The zero-order chi connectivity index (χ0) is 17.8. The Morgan fingerprint density at radius 3 is 2.96 bits per heavy atom. The number of amides is 1. The van der Waals surface area contributed by atoms with Gasteiger partial charge in [0.05, 0.1) is 25.9 Å². The summed E-state index contributed by atoms with van der Waals surface area (Å²) in [6.07, 6.45) is 6.78. The second kappa shape index (κ2) is 7.68. The maximum atomic E-state index is 13.8. The van der Waals surface area contributed by atoms with E-state index < -0.39 is 0 Å². The van der Waals surface area contributed by atoms with Crippen molar-refractivity contribution >= 4 is 5.91 Å². The van der Waals surface area contributed by atoms with E-state index >= 15 is 0 Å². The van der Waals surface area contributed by atoms with Crippen molar-refractivity contribution in [3.05, 3.63) is 47.5 Å². The van der Waals surface area contributed by atoms with Crippen molar-refractivity contribution in [1.82, 2.24) is 14.7 Å². The number of likely N-dealkylation sites (tertiary alicyclic amines) is 1. The molecule has 0 radical (unpaired) electrons. The molecule has 1 fully saturated rings. The third kappa shape index (κ3) is 4.18. The van der Waals surface area contributed by atoms with Gasteiger partial charge < -0.3 is 9.64 Å². The van der Waals surface area contributed by atoms with Crippen LogP contribution in [0.25, 0.3) is 0 Å². The third-order valence-electron chi connectivity index (χ3n) is 4.70. The minimum absolute atomic E-state index is 0.127. The monoisotopic (exact) mass is 345 g/mol. The number of rotatable bonds is 6. The molecule has 134 valence electrons. The van der Waals surface area contributed by atoms with Gasteiger partial charge in [0, 0.05) is 19.2 Å². The van der Waals surface area contributed by atoms with E-state index in [2.05, 4.69) is 5.10 Å². The summed E-state index contributed by atoms with van der Waals surface area (Å²) in [7, 11) is 1.44. The number of nitrogens with zero attached hydrogens (tertiary/aromatic N) is 3. The summed E-state index contributed by atoms with van der Waals surface area (Å²) in [6, 6.07) is 5.05. The van der Waals surface area contributed by atoms with Crippen LogP contribution in [0.1, 0.15) is 30.4 Å². The van der Waals surface area contributed by atoms with Crippen molar-refractivity contribution in [2.45, 2.75) is 45.2 Å². The van der Waals surface area contributed by atoms with E-state index in [0.29, 0.717) is 12.8 Å². The van der Waals surface area contributed by atoms with Crippen LogP contribution in [0.15, 0.2) is 30.6 Å². The number of carbonyl (C=O) groups is 1. The highest BCUT2D eigenvalue weighted by Crippen LogP contribution is 2.22. The highest BCUT2D eigenvalue weighted by molar-refractivity contribution is 5.77. The van der Waals surface area contributed by atoms with Gasteiger partial charge in [-0.3, -0.25) is 9.48 Å². The van der Waals surface area contributed by atoms with Gasteiger partial charge in [-0.2, -0.15) is 5.10 Å². The molecule has 1 amide bonds. The molecule has 1 atom stereocenters.